The maximum atomic E-state index is 14.2. The highest BCUT2D eigenvalue weighted by molar-refractivity contribution is 5.98. The van der Waals surface area contributed by atoms with Crippen LogP contribution in [0.3, 0.4) is 0 Å². The average Bonchev–Trinajstić information content (AvgIpc) is 3.07. The molecule has 7 nitrogen and oxygen atoms in total. The number of anilines is 1. The number of carbonyl (C=O) groups is 3. The lowest BCUT2D eigenvalue weighted by Crippen LogP contribution is -2.51. The van der Waals surface area contributed by atoms with Crippen molar-refractivity contribution in [2.75, 3.05) is 44.2 Å². The molecule has 0 unspecified atom stereocenters. The maximum absolute atomic E-state index is 14.2. The number of nitrogens with one attached hydrogen (secondary N) is 1. The van der Waals surface area contributed by atoms with Gasteiger partial charge in [-0.2, -0.15) is 0 Å². The normalized spacial score (nSPS) is 17.7. The fraction of sp³-hybridized carbons (Fsp3) is 0.500. The highest BCUT2D eigenvalue weighted by Crippen LogP contribution is 2.22. The van der Waals surface area contributed by atoms with E-state index in [9.17, 15) is 18.8 Å². The van der Waals surface area contributed by atoms with Gasteiger partial charge in [-0.1, -0.05) is 13.8 Å². The second-order valence-corrected chi connectivity index (χ2v) is 6.82. The predicted molar refractivity (Wildman–Crippen MR) is 94.5 cm³/mol. The van der Waals surface area contributed by atoms with Crippen molar-refractivity contribution < 1.29 is 18.8 Å². The lowest BCUT2D eigenvalue weighted by molar-refractivity contribution is -0.135. The summed E-state index contributed by atoms with van der Waals surface area (Å²) in [5.74, 6) is -1.05. The summed E-state index contributed by atoms with van der Waals surface area (Å²) in [4.78, 5) is 41.3. The molecule has 4 amide bonds. The van der Waals surface area contributed by atoms with E-state index in [1.165, 1.54) is 23.1 Å². The summed E-state index contributed by atoms with van der Waals surface area (Å²) in [6, 6.07) is 3.88. The van der Waals surface area contributed by atoms with Crippen LogP contribution in [0.5, 0.6) is 0 Å². The first-order valence-corrected chi connectivity index (χ1v) is 8.81. The number of hydrogen-bond donors (Lipinski definition) is 1. The molecule has 2 saturated heterocycles. The summed E-state index contributed by atoms with van der Waals surface area (Å²) >= 11 is 0. The zero-order valence-corrected chi connectivity index (χ0v) is 15.0. The molecule has 0 bridgehead atoms. The first kappa shape index (κ1) is 18.2. The minimum atomic E-state index is -0.612. The average molecular weight is 362 g/mol. The molecule has 2 aliphatic rings. The lowest BCUT2D eigenvalue weighted by atomic mass is 10.1. The van der Waals surface area contributed by atoms with E-state index < -0.39 is 11.7 Å². The molecule has 1 aromatic rings. The molecule has 0 spiro atoms. The number of nitrogens with zero attached hydrogens (tertiary/aromatic N) is 3. The van der Waals surface area contributed by atoms with Gasteiger partial charge < -0.3 is 15.1 Å². The zero-order chi connectivity index (χ0) is 18.8. The van der Waals surface area contributed by atoms with Crippen LogP contribution in [0.2, 0.25) is 0 Å². The van der Waals surface area contributed by atoms with Gasteiger partial charge in [0.1, 0.15) is 5.82 Å². The van der Waals surface area contributed by atoms with Crippen molar-refractivity contribution in [2.24, 2.45) is 5.92 Å². The van der Waals surface area contributed by atoms with E-state index in [-0.39, 0.29) is 23.4 Å². The smallest absolute Gasteiger partial charge is 0.321 e. The van der Waals surface area contributed by atoms with E-state index in [4.69, 9.17) is 0 Å². The molecular formula is C18H23FN4O3. The van der Waals surface area contributed by atoms with Crippen molar-refractivity contribution in [3.63, 3.8) is 0 Å². The van der Waals surface area contributed by atoms with Gasteiger partial charge in [0.25, 0.3) is 5.91 Å². The van der Waals surface area contributed by atoms with Gasteiger partial charge in [0.2, 0.25) is 5.91 Å². The van der Waals surface area contributed by atoms with Crippen LogP contribution in [-0.4, -0.2) is 66.9 Å². The summed E-state index contributed by atoms with van der Waals surface area (Å²) in [5, 5.41) is 2.68. The third-order valence-corrected chi connectivity index (χ3v) is 4.72. The number of hydrogen-bond acceptors (Lipinski definition) is 3. The molecule has 0 atom stereocenters. The first-order valence-electron chi connectivity index (χ1n) is 8.81. The number of halogens is 1. The Bertz CT molecular complexity index is 729. The van der Waals surface area contributed by atoms with Crippen molar-refractivity contribution in [3.8, 4) is 0 Å². The number of piperazine rings is 1. The maximum Gasteiger partial charge on any atom is 0.321 e. The summed E-state index contributed by atoms with van der Waals surface area (Å²) in [5.41, 5.74) is 0.448. The van der Waals surface area contributed by atoms with Gasteiger partial charge in [0.15, 0.2) is 0 Å². The van der Waals surface area contributed by atoms with Gasteiger partial charge >= 0.3 is 6.03 Å². The Morgan fingerprint density at radius 2 is 1.73 bits per heavy atom. The molecule has 1 N–H and O–H groups in total. The number of benzene rings is 1. The van der Waals surface area contributed by atoms with E-state index in [1.807, 2.05) is 13.8 Å². The molecule has 2 aliphatic heterocycles. The molecule has 0 saturated carbocycles. The molecule has 140 valence electrons. The molecule has 0 aromatic heterocycles. The summed E-state index contributed by atoms with van der Waals surface area (Å²) in [6.45, 7) is 6.30. The molecule has 3 rings (SSSR count). The topological polar surface area (TPSA) is 73.0 Å². The van der Waals surface area contributed by atoms with Crippen molar-refractivity contribution in [2.45, 2.75) is 13.8 Å². The summed E-state index contributed by atoms with van der Waals surface area (Å²) < 4.78 is 14.2. The Hall–Kier alpha value is -2.64. The Balaban J connectivity index is 1.72. The van der Waals surface area contributed by atoms with E-state index in [1.54, 1.807) is 9.80 Å². The van der Waals surface area contributed by atoms with Crippen LogP contribution >= 0.6 is 0 Å². The lowest BCUT2D eigenvalue weighted by Gasteiger charge is -2.35. The second kappa shape index (κ2) is 7.31. The molecular weight excluding hydrogens is 339 g/mol. The monoisotopic (exact) mass is 362 g/mol. The number of amides is 4. The Morgan fingerprint density at radius 1 is 1.08 bits per heavy atom. The van der Waals surface area contributed by atoms with Crippen LogP contribution in [0.4, 0.5) is 14.9 Å². The highest BCUT2D eigenvalue weighted by Gasteiger charge is 2.28. The van der Waals surface area contributed by atoms with Gasteiger partial charge in [0, 0.05) is 50.9 Å². The van der Waals surface area contributed by atoms with E-state index in [2.05, 4.69) is 5.32 Å². The predicted octanol–water partition coefficient (Wildman–Crippen LogP) is 1.30. The van der Waals surface area contributed by atoms with E-state index in [0.29, 0.717) is 45.0 Å². The third-order valence-electron chi connectivity index (χ3n) is 4.72. The minimum absolute atomic E-state index is 0.0502. The van der Waals surface area contributed by atoms with Gasteiger partial charge in [-0.05, 0) is 18.2 Å². The molecule has 0 radical (unpaired) electrons. The summed E-state index contributed by atoms with van der Waals surface area (Å²) in [7, 11) is 0. The van der Waals surface area contributed by atoms with E-state index in [0.717, 1.165) is 0 Å². The SMILES string of the molecule is CC(C)C(=O)N1CCN(C(=O)c2cc(N3CCNC3=O)ccc2F)CC1. The van der Waals surface area contributed by atoms with Crippen LogP contribution < -0.4 is 10.2 Å². The van der Waals surface area contributed by atoms with Gasteiger partial charge in [-0.25, -0.2) is 9.18 Å². The second-order valence-electron chi connectivity index (χ2n) is 6.82. The van der Waals surface area contributed by atoms with Crippen LogP contribution in [0.25, 0.3) is 0 Å². The highest BCUT2D eigenvalue weighted by atomic mass is 19.1. The van der Waals surface area contributed by atoms with Gasteiger partial charge in [0.05, 0.1) is 5.56 Å². The fourth-order valence-corrected chi connectivity index (χ4v) is 3.23. The standard InChI is InChI=1S/C18H23FN4O3/c1-12(2)16(24)21-7-9-22(10-8-21)17(25)14-11-13(3-4-15(14)19)23-6-5-20-18(23)26/h3-4,11-12H,5-10H2,1-2H3,(H,20,26). The molecule has 2 heterocycles. The van der Waals surface area contributed by atoms with Gasteiger partial charge in [-0.3, -0.25) is 14.5 Å². The van der Waals surface area contributed by atoms with Crippen molar-refractivity contribution in [1.29, 1.82) is 0 Å². The number of carbonyl (C=O) groups excluding carboxylic acids is 3. The van der Waals surface area contributed by atoms with Crippen molar-refractivity contribution in [1.82, 2.24) is 15.1 Å². The molecule has 8 heteroatoms. The molecule has 2 fully saturated rings. The van der Waals surface area contributed by atoms with Gasteiger partial charge in [-0.15, -0.1) is 0 Å². The largest absolute Gasteiger partial charge is 0.339 e. The van der Waals surface area contributed by atoms with E-state index >= 15 is 0 Å². The first-order chi connectivity index (χ1) is 12.4. The third kappa shape index (κ3) is 3.49. The van der Waals surface area contributed by atoms with Crippen LogP contribution in [0.1, 0.15) is 24.2 Å². The minimum Gasteiger partial charge on any atom is -0.339 e. The van der Waals surface area contributed by atoms with Crippen LogP contribution in [0.15, 0.2) is 18.2 Å². The van der Waals surface area contributed by atoms with Crippen molar-refractivity contribution >= 4 is 23.5 Å². The Morgan fingerprint density at radius 3 is 2.31 bits per heavy atom. The summed E-state index contributed by atoms with van der Waals surface area (Å²) in [6.07, 6.45) is 0. The van der Waals surface area contributed by atoms with Crippen molar-refractivity contribution in [3.05, 3.63) is 29.6 Å². The quantitative estimate of drug-likeness (QED) is 0.881. The Labute approximate surface area is 151 Å². The fourth-order valence-electron chi connectivity index (χ4n) is 3.23. The number of rotatable bonds is 3. The van der Waals surface area contributed by atoms with Crippen LogP contribution in [-0.2, 0) is 4.79 Å². The number of urea groups is 1. The molecule has 1 aromatic carbocycles. The Kier molecular flexibility index (Phi) is 5.11. The van der Waals surface area contributed by atoms with Crippen LogP contribution in [0, 0.1) is 11.7 Å². The zero-order valence-electron chi connectivity index (χ0n) is 15.0. The molecule has 26 heavy (non-hydrogen) atoms. The molecule has 0 aliphatic carbocycles.